The molecule has 0 spiro atoms. The fourth-order valence-electron chi connectivity index (χ4n) is 3.51. The number of H-pyrrole nitrogens is 1. The lowest BCUT2D eigenvalue weighted by molar-refractivity contribution is 0.813. The van der Waals surface area contributed by atoms with Gasteiger partial charge in [0, 0.05) is 23.4 Å². The van der Waals surface area contributed by atoms with Crippen LogP contribution in [-0.4, -0.2) is 22.6 Å². The summed E-state index contributed by atoms with van der Waals surface area (Å²) in [5, 5.41) is 11.0. The van der Waals surface area contributed by atoms with Gasteiger partial charge in [0.1, 0.15) is 6.54 Å². The van der Waals surface area contributed by atoms with Crippen molar-refractivity contribution in [3.05, 3.63) is 65.5 Å². The lowest BCUT2D eigenvalue weighted by Crippen LogP contribution is -2.45. The van der Waals surface area contributed by atoms with Gasteiger partial charge in [0.15, 0.2) is 12.0 Å². The first-order chi connectivity index (χ1) is 12.7. The van der Waals surface area contributed by atoms with Gasteiger partial charge in [-0.1, -0.05) is 12.1 Å². The smallest absolute Gasteiger partial charge is 0.284 e. The summed E-state index contributed by atoms with van der Waals surface area (Å²) in [7, 11) is 0. The highest BCUT2D eigenvalue weighted by atomic mass is 15.4. The predicted octanol–water partition coefficient (Wildman–Crippen LogP) is 3.66. The van der Waals surface area contributed by atoms with Crippen molar-refractivity contribution < 1.29 is 0 Å². The van der Waals surface area contributed by atoms with E-state index < -0.39 is 0 Å². The van der Waals surface area contributed by atoms with Crippen LogP contribution in [0.4, 0.5) is 11.5 Å². The van der Waals surface area contributed by atoms with Crippen LogP contribution < -0.4 is 15.1 Å². The average molecular weight is 346 g/mol. The van der Waals surface area contributed by atoms with Crippen LogP contribution in [0.1, 0.15) is 35.6 Å². The van der Waals surface area contributed by atoms with Crippen LogP contribution in [0.3, 0.4) is 0 Å². The first-order valence-electron chi connectivity index (χ1n) is 9.08. The van der Waals surface area contributed by atoms with E-state index in [0.29, 0.717) is 5.92 Å². The number of aromatic amines is 1. The molecule has 3 heterocycles. The van der Waals surface area contributed by atoms with Crippen molar-refractivity contribution in [3.63, 3.8) is 0 Å². The second-order valence-corrected chi connectivity index (χ2v) is 7.18. The van der Waals surface area contributed by atoms with Crippen molar-refractivity contribution in [2.24, 2.45) is 4.99 Å². The normalized spacial score (nSPS) is 19.4. The fourth-order valence-corrected chi connectivity index (χ4v) is 3.51. The molecule has 1 aromatic carbocycles. The van der Waals surface area contributed by atoms with Gasteiger partial charge >= 0.3 is 0 Å². The first kappa shape index (κ1) is 15.4. The van der Waals surface area contributed by atoms with Crippen LogP contribution in [0.15, 0.2) is 53.7 Å². The first-order valence-corrected chi connectivity index (χ1v) is 9.08. The monoisotopic (exact) mass is 346 g/mol. The third-order valence-corrected chi connectivity index (χ3v) is 5.32. The Bertz CT molecular complexity index is 947. The number of hydrogen-bond acceptors (Lipinski definition) is 5. The number of fused-ring (bicyclic) bond motifs is 1. The van der Waals surface area contributed by atoms with Crippen LogP contribution in [0.25, 0.3) is 0 Å². The Hall–Kier alpha value is -2.86. The van der Waals surface area contributed by atoms with Gasteiger partial charge < -0.3 is 4.90 Å². The number of rotatable bonds is 4. The van der Waals surface area contributed by atoms with Gasteiger partial charge in [0.25, 0.3) is 11.7 Å². The highest BCUT2D eigenvalue weighted by Gasteiger charge is 2.38. The SMILES string of the molecule is Cc1cccc(N2C=C(Nc3cc(C4CC4)[nH]n3)[N+]3C=CN=C3C2)c1C. The van der Waals surface area contributed by atoms with E-state index in [1.54, 1.807) is 0 Å². The van der Waals surface area contributed by atoms with Crippen LogP contribution in [0.5, 0.6) is 0 Å². The van der Waals surface area contributed by atoms with Crippen molar-refractivity contribution in [2.75, 3.05) is 16.8 Å². The average Bonchev–Trinajstić information content (AvgIpc) is 3.19. The number of nitrogens with one attached hydrogen (secondary N) is 2. The zero-order chi connectivity index (χ0) is 17.7. The van der Waals surface area contributed by atoms with Crippen molar-refractivity contribution in [1.29, 1.82) is 0 Å². The Morgan fingerprint density at radius 1 is 1.27 bits per heavy atom. The number of hydrogen-bond donors (Lipinski definition) is 2. The Labute approximate surface area is 152 Å². The summed E-state index contributed by atoms with van der Waals surface area (Å²) in [4.78, 5) is 8.87. The fraction of sp³-hybridized carbons (Fsp3) is 0.300. The molecule has 3 aliphatic rings. The minimum absolute atomic E-state index is 0.661. The molecule has 2 N–H and O–H groups in total. The lowest BCUT2D eigenvalue weighted by Gasteiger charge is -2.27. The summed E-state index contributed by atoms with van der Waals surface area (Å²) in [5.41, 5.74) is 5.01. The number of anilines is 2. The molecule has 131 valence electrons. The molecule has 6 nitrogen and oxygen atoms in total. The second kappa shape index (κ2) is 5.85. The molecule has 0 amide bonds. The van der Waals surface area contributed by atoms with E-state index in [1.165, 1.54) is 35.3 Å². The third kappa shape index (κ3) is 2.63. The van der Waals surface area contributed by atoms with Gasteiger partial charge in [-0.05, 0) is 48.8 Å². The van der Waals surface area contributed by atoms with Gasteiger partial charge in [0.2, 0.25) is 0 Å². The van der Waals surface area contributed by atoms with Crippen LogP contribution in [0.2, 0.25) is 0 Å². The predicted molar refractivity (Wildman–Crippen MR) is 104 cm³/mol. The largest absolute Gasteiger partial charge is 0.329 e. The van der Waals surface area contributed by atoms with Crippen molar-refractivity contribution >= 4 is 17.3 Å². The topological polar surface area (TPSA) is 62.2 Å². The molecule has 0 saturated heterocycles. The Balaban J connectivity index is 1.48. The molecule has 1 saturated carbocycles. The van der Waals surface area contributed by atoms with E-state index >= 15 is 0 Å². The van der Waals surface area contributed by atoms with E-state index in [9.17, 15) is 0 Å². The molecular weight excluding hydrogens is 324 g/mol. The molecule has 1 aromatic heterocycles. The van der Waals surface area contributed by atoms with Gasteiger partial charge in [-0.2, -0.15) is 10.1 Å². The minimum atomic E-state index is 0.661. The molecule has 6 heteroatoms. The molecule has 26 heavy (non-hydrogen) atoms. The number of amidine groups is 1. The zero-order valence-electron chi connectivity index (χ0n) is 15.0. The summed E-state index contributed by atoms with van der Waals surface area (Å²) in [5.74, 6) is 3.47. The van der Waals surface area contributed by atoms with Gasteiger partial charge in [-0.3, -0.25) is 10.4 Å². The maximum atomic E-state index is 4.53. The molecule has 1 aliphatic carbocycles. The lowest BCUT2D eigenvalue weighted by atomic mass is 10.1. The molecule has 0 atom stereocenters. The van der Waals surface area contributed by atoms with Crippen LogP contribution >= 0.6 is 0 Å². The molecule has 5 rings (SSSR count). The molecule has 2 aromatic rings. The number of aryl methyl sites for hydroxylation is 1. The molecule has 0 bridgehead atoms. The molecular formula is C20H22N6+. The molecule has 0 unspecified atom stereocenters. The summed E-state index contributed by atoms with van der Waals surface area (Å²) in [6.07, 6.45) is 8.50. The maximum Gasteiger partial charge on any atom is 0.284 e. The highest BCUT2D eigenvalue weighted by Crippen LogP contribution is 2.39. The third-order valence-electron chi connectivity index (χ3n) is 5.32. The Morgan fingerprint density at radius 3 is 3.00 bits per heavy atom. The second-order valence-electron chi connectivity index (χ2n) is 7.18. The standard InChI is InChI=1S/C20H22N6/c1-13-4-3-5-17(14(13)2)25-11-19-21-8-9-26(19)20(12-25)22-18-10-16(23-24-18)15-6-7-15/h3-5,8-10,12,15H,6-7,11H2,1-2H3,(H2,22,23,24)/q+1. The van der Waals surface area contributed by atoms with E-state index in [1.807, 2.05) is 12.4 Å². The summed E-state index contributed by atoms with van der Waals surface area (Å²) in [6, 6.07) is 8.53. The van der Waals surface area contributed by atoms with E-state index in [-0.39, 0.29) is 0 Å². The highest BCUT2D eigenvalue weighted by molar-refractivity contribution is 5.96. The number of nitrogens with zero attached hydrogens (tertiary/aromatic N) is 4. The number of aliphatic imine (C=N–C) groups is 1. The van der Waals surface area contributed by atoms with Gasteiger partial charge in [-0.15, -0.1) is 0 Å². The van der Waals surface area contributed by atoms with E-state index in [2.05, 4.69) is 74.6 Å². The molecule has 1 fully saturated rings. The Kier molecular flexibility index (Phi) is 3.46. The Morgan fingerprint density at radius 2 is 2.15 bits per heavy atom. The van der Waals surface area contributed by atoms with Crippen molar-refractivity contribution in [2.45, 2.75) is 32.6 Å². The van der Waals surface area contributed by atoms with Crippen LogP contribution in [0, 0.1) is 13.8 Å². The summed E-state index contributed by atoms with van der Waals surface area (Å²) >= 11 is 0. The van der Waals surface area contributed by atoms with Crippen LogP contribution in [-0.2, 0) is 0 Å². The summed E-state index contributed by atoms with van der Waals surface area (Å²) < 4.78 is 0. The van der Waals surface area contributed by atoms with E-state index in [4.69, 9.17) is 0 Å². The summed E-state index contributed by atoms with van der Waals surface area (Å²) in [6.45, 7) is 5.06. The minimum Gasteiger partial charge on any atom is -0.329 e. The zero-order valence-corrected chi connectivity index (χ0v) is 15.0. The van der Waals surface area contributed by atoms with Crippen molar-refractivity contribution in [1.82, 2.24) is 15.1 Å². The van der Waals surface area contributed by atoms with Crippen molar-refractivity contribution in [3.8, 4) is 0 Å². The van der Waals surface area contributed by atoms with Gasteiger partial charge in [0.05, 0.1) is 12.4 Å². The number of benzene rings is 1. The molecule has 1 radical (unpaired) electrons. The quantitative estimate of drug-likeness (QED) is 0.831. The maximum absolute atomic E-state index is 4.53. The number of aromatic nitrogens is 2. The molecule has 2 aliphatic heterocycles. The van der Waals surface area contributed by atoms with Gasteiger partial charge in [-0.25, -0.2) is 0 Å². The van der Waals surface area contributed by atoms with E-state index in [0.717, 1.165) is 24.0 Å².